The normalized spacial score (nSPS) is 21.1. The molecule has 2 heterocycles. The molecule has 0 radical (unpaired) electrons. The number of hydrogen-bond donors (Lipinski definition) is 2. The third-order valence-corrected chi connectivity index (χ3v) is 5.30. The van der Waals surface area contributed by atoms with Gasteiger partial charge < -0.3 is 25.0 Å². The number of anilines is 1. The fraction of sp³-hybridized carbons (Fsp3) is 0.636. The van der Waals surface area contributed by atoms with E-state index >= 15 is 0 Å². The molecule has 0 bridgehead atoms. The Bertz CT molecular complexity index is 639. The van der Waals surface area contributed by atoms with Crippen LogP contribution >= 0.6 is 0 Å². The van der Waals surface area contributed by atoms with Gasteiger partial charge in [-0.25, -0.2) is 4.99 Å². The van der Waals surface area contributed by atoms with E-state index in [1.807, 2.05) is 37.3 Å². The fourth-order valence-corrected chi connectivity index (χ4v) is 3.71. The maximum Gasteiger partial charge on any atom is 0.246 e. The molecule has 7 heteroatoms. The number of piperidine rings is 1. The van der Waals surface area contributed by atoms with E-state index in [0.717, 1.165) is 57.2 Å². The van der Waals surface area contributed by atoms with Gasteiger partial charge in [0, 0.05) is 31.9 Å². The highest BCUT2D eigenvalue weighted by molar-refractivity contribution is 5.94. The number of benzene rings is 1. The fourth-order valence-electron chi connectivity index (χ4n) is 3.71. The van der Waals surface area contributed by atoms with Gasteiger partial charge in [0.1, 0.15) is 6.54 Å². The Morgan fingerprint density at radius 3 is 2.69 bits per heavy atom. The van der Waals surface area contributed by atoms with Crippen molar-refractivity contribution < 1.29 is 14.3 Å². The zero-order chi connectivity index (χ0) is 20.3. The predicted octanol–water partition coefficient (Wildman–Crippen LogP) is 2.64. The summed E-state index contributed by atoms with van der Waals surface area (Å²) in [5.74, 6) is 0.682. The molecule has 2 saturated heterocycles. The van der Waals surface area contributed by atoms with Crippen molar-refractivity contribution in [3.63, 3.8) is 0 Å². The summed E-state index contributed by atoms with van der Waals surface area (Å²) in [6.45, 7) is 6.25. The van der Waals surface area contributed by atoms with Crippen molar-refractivity contribution in [3.05, 3.63) is 30.3 Å². The molecule has 0 saturated carbocycles. The smallest absolute Gasteiger partial charge is 0.246 e. The molecule has 3 rings (SSSR count). The second kappa shape index (κ2) is 11.8. The molecular formula is C22H34N4O3. The molecule has 1 unspecified atom stereocenters. The average molecular weight is 403 g/mol. The lowest BCUT2D eigenvalue weighted by atomic mass is 10.1. The SMILES string of the molecule is CCNC(=NCC(=O)Nc1ccccc1)N1CCC(OCC2CCCCO2)CC1. The number of nitrogens with zero attached hydrogens (tertiary/aromatic N) is 2. The van der Waals surface area contributed by atoms with Crippen LogP contribution in [0.1, 0.15) is 39.0 Å². The summed E-state index contributed by atoms with van der Waals surface area (Å²) in [5.41, 5.74) is 0.789. The van der Waals surface area contributed by atoms with E-state index in [1.165, 1.54) is 12.8 Å². The van der Waals surface area contributed by atoms with E-state index in [4.69, 9.17) is 9.47 Å². The second-order valence-electron chi connectivity index (χ2n) is 7.59. The first-order chi connectivity index (χ1) is 14.2. The molecule has 0 aromatic heterocycles. The van der Waals surface area contributed by atoms with Crippen LogP contribution in [0.15, 0.2) is 35.3 Å². The van der Waals surface area contributed by atoms with Crippen LogP contribution in [0.25, 0.3) is 0 Å². The second-order valence-corrected chi connectivity index (χ2v) is 7.59. The number of guanidine groups is 1. The first-order valence-electron chi connectivity index (χ1n) is 10.9. The average Bonchev–Trinajstić information content (AvgIpc) is 2.77. The molecular weight excluding hydrogens is 368 g/mol. The number of amides is 1. The Hall–Kier alpha value is -2.12. The minimum Gasteiger partial charge on any atom is -0.376 e. The molecule has 2 N–H and O–H groups in total. The van der Waals surface area contributed by atoms with Crippen LogP contribution in [0.4, 0.5) is 5.69 Å². The lowest BCUT2D eigenvalue weighted by Gasteiger charge is -2.35. The molecule has 2 aliphatic heterocycles. The monoisotopic (exact) mass is 402 g/mol. The van der Waals surface area contributed by atoms with Crippen molar-refractivity contribution in [1.82, 2.24) is 10.2 Å². The van der Waals surface area contributed by atoms with E-state index in [-0.39, 0.29) is 24.7 Å². The summed E-state index contributed by atoms with van der Waals surface area (Å²) in [4.78, 5) is 18.9. The largest absolute Gasteiger partial charge is 0.376 e. The number of aliphatic imine (C=N–C) groups is 1. The predicted molar refractivity (Wildman–Crippen MR) is 115 cm³/mol. The summed E-state index contributed by atoms with van der Waals surface area (Å²) in [7, 11) is 0. The number of ether oxygens (including phenoxy) is 2. The third kappa shape index (κ3) is 7.33. The Morgan fingerprint density at radius 1 is 1.21 bits per heavy atom. The van der Waals surface area contributed by atoms with Gasteiger partial charge in [0.05, 0.1) is 18.8 Å². The molecule has 0 spiro atoms. The topological polar surface area (TPSA) is 75.2 Å². The summed E-state index contributed by atoms with van der Waals surface area (Å²) in [6, 6.07) is 9.46. The van der Waals surface area contributed by atoms with Crippen molar-refractivity contribution in [2.45, 2.75) is 51.2 Å². The van der Waals surface area contributed by atoms with Gasteiger partial charge in [-0.3, -0.25) is 4.79 Å². The third-order valence-electron chi connectivity index (χ3n) is 5.30. The first-order valence-corrected chi connectivity index (χ1v) is 10.9. The number of para-hydroxylation sites is 1. The van der Waals surface area contributed by atoms with Crippen molar-refractivity contribution in [3.8, 4) is 0 Å². The lowest BCUT2D eigenvalue weighted by molar-refractivity contribution is -0.114. The van der Waals surface area contributed by atoms with Crippen LogP contribution in [-0.4, -0.2) is 68.4 Å². The Morgan fingerprint density at radius 2 is 2.00 bits per heavy atom. The molecule has 2 fully saturated rings. The summed E-state index contributed by atoms with van der Waals surface area (Å²) in [6.07, 6.45) is 6.00. The Labute approximate surface area is 173 Å². The maximum absolute atomic E-state index is 12.2. The molecule has 0 aliphatic carbocycles. The van der Waals surface area contributed by atoms with Gasteiger partial charge in [0.25, 0.3) is 0 Å². The molecule has 1 aromatic carbocycles. The van der Waals surface area contributed by atoms with E-state index in [0.29, 0.717) is 6.61 Å². The van der Waals surface area contributed by atoms with E-state index < -0.39 is 0 Å². The van der Waals surface area contributed by atoms with Crippen molar-refractivity contribution >= 4 is 17.6 Å². The number of likely N-dealkylation sites (tertiary alicyclic amines) is 1. The van der Waals surface area contributed by atoms with E-state index in [9.17, 15) is 4.79 Å². The van der Waals surface area contributed by atoms with E-state index in [1.54, 1.807) is 0 Å². The van der Waals surface area contributed by atoms with Gasteiger partial charge in [0.15, 0.2) is 5.96 Å². The maximum atomic E-state index is 12.2. The summed E-state index contributed by atoms with van der Waals surface area (Å²) in [5, 5.41) is 6.18. The molecule has 1 aromatic rings. The number of carbonyl (C=O) groups excluding carboxylic acids is 1. The van der Waals surface area contributed by atoms with E-state index in [2.05, 4.69) is 20.5 Å². The summed E-state index contributed by atoms with van der Waals surface area (Å²) < 4.78 is 11.9. The quantitative estimate of drug-likeness (QED) is 0.542. The van der Waals surface area contributed by atoms with Crippen LogP contribution in [0.3, 0.4) is 0 Å². The van der Waals surface area contributed by atoms with Gasteiger partial charge in [-0.2, -0.15) is 0 Å². The molecule has 160 valence electrons. The highest BCUT2D eigenvalue weighted by atomic mass is 16.5. The van der Waals surface area contributed by atoms with Crippen LogP contribution in [0.5, 0.6) is 0 Å². The van der Waals surface area contributed by atoms with Gasteiger partial charge in [-0.15, -0.1) is 0 Å². The minimum absolute atomic E-state index is 0.104. The van der Waals surface area contributed by atoms with Gasteiger partial charge >= 0.3 is 0 Å². The molecule has 1 amide bonds. The molecule has 7 nitrogen and oxygen atoms in total. The van der Waals surface area contributed by atoms with Crippen LogP contribution in [0.2, 0.25) is 0 Å². The first kappa shape index (κ1) is 21.6. The van der Waals surface area contributed by atoms with Gasteiger partial charge in [0.2, 0.25) is 5.91 Å². The Balaban J connectivity index is 1.43. The standard InChI is InChI=1S/C22H34N4O3/c1-2-23-22(24-16-21(27)25-18-8-4-3-5-9-18)26-13-11-19(12-14-26)29-17-20-10-6-7-15-28-20/h3-5,8-9,19-20H,2,6-7,10-17H2,1H3,(H,23,24)(H,25,27). The zero-order valence-electron chi connectivity index (χ0n) is 17.4. The number of nitrogens with one attached hydrogen (secondary N) is 2. The number of hydrogen-bond acceptors (Lipinski definition) is 4. The molecule has 2 aliphatic rings. The van der Waals surface area contributed by atoms with Crippen molar-refractivity contribution in [1.29, 1.82) is 0 Å². The lowest BCUT2D eigenvalue weighted by Crippen LogP contribution is -2.47. The Kier molecular flexibility index (Phi) is 8.77. The highest BCUT2D eigenvalue weighted by Crippen LogP contribution is 2.18. The van der Waals surface area contributed by atoms with Crippen LogP contribution < -0.4 is 10.6 Å². The highest BCUT2D eigenvalue weighted by Gasteiger charge is 2.24. The van der Waals surface area contributed by atoms with Crippen LogP contribution in [0, 0.1) is 0 Å². The van der Waals surface area contributed by atoms with Gasteiger partial charge in [-0.1, -0.05) is 18.2 Å². The van der Waals surface area contributed by atoms with Crippen molar-refractivity contribution in [2.24, 2.45) is 4.99 Å². The zero-order valence-corrected chi connectivity index (χ0v) is 17.4. The molecule has 1 atom stereocenters. The number of carbonyl (C=O) groups is 1. The minimum atomic E-state index is -0.114. The molecule has 29 heavy (non-hydrogen) atoms. The summed E-state index contributed by atoms with van der Waals surface area (Å²) >= 11 is 0. The van der Waals surface area contributed by atoms with Crippen molar-refractivity contribution in [2.75, 3.05) is 44.7 Å². The van der Waals surface area contributed by atoms with Gasteiger partial charge in [-0.05, 0) is 51.2 Å². The van der Waals surface area contributed by atoms with Crippen LogP contribution in [-0.2, 0) is 14.3 Å². The number of rotatable bonds is 7.